The van der Waals surface area contributed by atoms with Crippen molar-refractivity contribution in [2.75, 3.05) is 37.5 Å². The zero-order valence-corrected chi connectivity index (χ0v) is 19.9. The van der Waals surface area contributed by atoms with Gasteiger partial charge in [0.15, 0.2) is 17.3 Å². The van der Waals surface area contributed by atoms with Crippen molar-refractivity contribution < 1.29 is 19.2 Å². The molecule has 2 aromatic carbocycles. The molecule has 4 rings (SSSR count). The number of carbonyl (C=O) groups excluding carboxylic acids is 1. The van der Waals surface area contributed by atoms with Gasteiger partial charge in [0.25, 0.3) is 11.6 Å². The first-order valence-electron chi connectivity index (χ1n) is 11.3. The molecule has 1 N–H and O–H groups in total. The molecule has 0 radical (unpaired) electrons. The number of nitro benzene ring substituents is 1. The Bertz CT molecular complexity index is 1210. The minimum atomic E-state index is -0.634. The fourth-order valence-electron chi connectivity index (χ4n) is 4.01. The van der Waals surface area contributed by atoms with Crippen LogP contribution in [-0.2, 0) is 0 Å². The topological polar surface area (TPSA) is 120 Å². The lowest BCUT2D eigenvalue weighted by atomic mass is 9.99. The second-order valence-electron chi connectivity index (χ2n) is 8.46. The van der Waals surface area contributed by atoms with E-state index in [4.69, 9.17) is 9.47 Å². The Morgan fingerprint density at radius 3 is 2.26 bits per heavy atom. The molecule has 0 aliphatic carbocycles. The van der Waals surface area contributed by atoms with Crippen molar-refractivity contribution in [3.05, 3.63) is 64.2 Å². The van der Waals surface area contributed by atoms with Crippen molar-refractivity contribution in [1.29, 1.82) is 0 Å². The lowest BCUT2D eigenvalue weighted by Gasteiger charge is -2.30. The van der Waals surface area contributed by atoms with Gasteiger partial charge in [0.1, 0.15) is 5.56 Å². The Morgan fingerprint density at radius 2 is 1.69 bits per heavy atom. The Morgan fingerprint density at radius 1 is 1.03 bits per heavy atom. The maximum absolute atomic E-state index is 12.8. The number of anilines is 2. The predicted octanol–water partition coefficient (Wildman–Crippen LogP) is 4.56. The van der Waals surface area contributed by atoms with Gasteiger partial charge in [-0.25, -0.2) is 0 Å². The fraction of sp³-hybridized carbons (Fsp3) is 0.320. The quantitative estimate of drug-likeness (QED) is 0.389. The molecular formula is C25H27N5O5. The lowest BCUT2D eigenvalue weighted by Crippen LogP contribution is -2.33. The van der Waals surface area contributed by atoms with Crippen LogP contribution >= 0.6 is 0 Å². The molecule has 1 fully saturated rings. The number of nitrogens with one attached hydrogen (secondary N) is 1. The van der Waals surface area contributed by atoms with E-state index in [1.54, 1.807) is 12.1 Å². The number of ether oxygens (including phenoxy) is 2. The maximum atomic E-state index is 12.8. The Labute approximate surface area is 203 Å². The van der Waals surface area contributed by atoms with Crippen LogP contribution in [0, 0.1) is 16.0 Å². The van der Waals surface area contributed by atoms with E-state index in [1.165, 1.54) is 26.4 Å². The largest absolute Gasteiger partial charge is 0.493 e. The molecule has 0 bridgehead atoms. The number of rotatable bonds is 7. The molecule has 10 nitrogen and oxygen atoms in total. The third kappa shape index (κ3) is 5.32. The molecule has 3 aromatic rings. The summed E-state index contributed by atoms with van der Waals surface area (Å²) < 4.78 is 10.3. The number of hydrogen-bond donors (Lipinski definition) is 1. The van der Waals surface area contributed by atoms with Crippen LogP contribution in [0.5, 0.6) is 11.5 Å². The number of nitrogens with zero attached hydrogens (tertiary/aromatic N) is 4. The zero-order chi connectivity index (χ0) is 24.9. The molecule has 1 saturated heterocycles. The van der Waals surface area contributed by atoms with Gasteiger partial charge in [0.05, 0.1) is 30.9 Å². The van der Waals surface area contributed by atoms with Crippen LogP contribution in [0.3, 0.4) is 0 Å². The highest BCUT2D eigenvalue weighted by Gasteiger charge is 2.25. The lowest BCUT2D eigenvalue weighted by molar-refractivity contribution is -0.385. The normalized spacial score (nSPS) is 13.9. The summed E-state index contributed by atoms with van der Waals surface area (Å²) in [6.07, 6.45) is 2.31. The molecule has 10 heteroatoms. The number of methoxy groups -OCH3 is 2. The van der Waals surface area contributed by atoms with Gasteiger partial charge in [-0.15, -0.1) is 10.2 Å². The van der Waals surface area contributed by atoms with Crippen LogP contribution in [0.1, 0.15) is 30.1 Å². The molecule has 1 amide bonds. The summed E-state index contributed by atoms with van der Waals surface area (Å²) in [7, 11) is 2.77. The first-order chi connectivity index (χ1) is 16.9. The average Bonchev–Trinajstić information content (AvgIpc) is 2.88. The SMILES string of the molecule is COc1cc(C(=O)Nc2ccc(-c3ccc(N4CCC(C)CC4)nn3)cc2)c([N+](=O)[O-])cc1OC. The summed E-state index contributed by atoms with van der Waals surface area (Å²) in [5.74, 6) is 1.38. The summed E-state index contributed by atoms with van der Waals surface area (Å²) in [6, 6.07) is 13.4. The van der Waals surface area contributed by atoms with E-state index in [2.05, 4.69) is 27.3 Å². The van der Waals surface area contributed by atoms with Gasteiger partial charge < -0.3 is 19.7 Å². The predicted molar refractivity (Wildman–Crippen MR) is 132 cm³/mol. The van der Waals surface area contributed by atoms with Crippen LogP contribution in [0.15, 0.2) is 48.5 Å². The second kappa shape index (κ2) is 10.4. The van der Waals surface area contributed by atoms with E-state index in [0.29, 0.717) is 11.4 Å². The molecule has 1 aliphatic heterocycles. The highest BCUT2D eigenvalue weighted by atomic mass is 16.6. The van der Waals surface area contributed by atoms with Crippen LogP contribution in [-0.4, -0.2) is 48.3 Å². The minimum Gasteiger partial charge on any atom is -0.493 e. The van der Waals surface area contributed by atoms with E-state index in [9.17, 15) is 14.9 Å². The summed E-state index contributed by atoms with van der Waals surface area (Å²) >= 11 is 0. The molecule has 182 valence electrons. The average molecular weight is 478 g/mol. The number of carbonyl (C=O) groups is 1. The second-order valence-corrected chi connectivity index (χ2v) is 8.46. The molecule has 0 saturated carbocycles. The van der Waals surface area contributed by atoms with Crippen molar-refractivity contribution >= 4 is 23.1 Å². The molecule has 1 aromatic heterocycles. The van der Waals surface area contributed by atoms with Crippen molar-refractivity contribution in [3.63, 3.8) is 0 Å². The monoisotopic (exact) mass is 477 g/mol. The van der Waals surface area contributed by atoms with E-state index >= 15 is 0 Å². The Balaban J connectivity index is 1.48. The highest BCUT2D eigenvalue weighted by Crippen LogP contribution is 2.35. The number of amides is 1. The van der Waals surface area contributed by atoms with Crippen LogP contribution < -0.4 is 19.7 Å². The van der Waals surface area contributed by atoms with Crippen molar-refractivity contribution in [1.82, 2.24) is 10.2 Å². The highest BCUT2D eigenvalue weighted by molar-refractivity contribution is 6.07. The summed E-state index contributed by atoms with van der Waals surface area (Å²) in [4.78, 5) is 26.0. The van der Waals surface area contributed by atoms with Crippen molar-refractivity contribution in [2.45, 2.75) is 19.8 Å². The third-order valence-corrected chi connectivity index (χ3v) is 6.14. The molecule has 0 atom stereocenters. The molecule has 35 heavy (non-hydrogen) atoms. The third-order valence-electron chi connectivity index (χ3n) is 6.14. The first kappa shape index (κ1) is 23.9. The maximum Gasteiger partial charge on any atom is 0.286 e. The van der Waals surface area contributed by atoms with Crippen LogP contribution in [0.4, 0.5) is 17.2 Å². The van der Waals surface area contributed by atoms with Gasteiger partial charge in [0, 0.05) is 30.4 Å². The smallest absolute Gasteiger partial charge is 0.286 e. The molecule has 1 aliphatic rings. The van der Waals surface area contributed by atoms with Gasteiger partial charge in [-0.2, -0.15) is 0 Å². The molecule has 0 unspecified atom stereocenters. The van der Waals surface area contributed by atoms with E-state index < -0.39 is 10.8 Å². The number of benzene rings is 2. The summed E-state index contributed by atoms with van der Waals surface area (Å²) in [5.41, 5.74) is 1.52. The number of aromatic nitrogens is 2. The van der Waals surface area contributed by atoms with Gasteiger partial charge >= 0.3 is 0 Å². The van der Waals surface area contributed by atoms with E-state index in [-0.39, 0.29) is 22.7 Å². The number of nitro groups is 1. The molecular weight excluding hydrogens is 450 g/mol. The zero-order valence-electron chi connectivity index (χ0n) is 19.9. The summed E-state index contributed by atoms with van der Waals surface area (Å²) in [6.45, 7) is 4.25. The Kier molecular flexibility index (Phi) is 7.09. The minimum absolute atomic E-state index is 0.134. The van der Waals surface area contributed by atoms with Crippen LogP contribution in [0.25, 0.3) is 11.3 Å². The van der Waals surface area contributed by atoms with Crippen LogP contribution in [0.2, 0.25) is 0 Å². The van der Waals surface area contributed by atoms with Gasteiger partial charge in [-0.3, -0.25) is 14.9 Å². The van der Waals surface area contributed by atoms with Gasteiger partial charge in [-0.05, 0) is 43.0 Å². The molecule has 2 heterocycles. The van der Waals surface area contributed by atoms with Crippen molar-refractivity contribution in [3.8, 4) is 22.8 Å². The number of piperidine rings is 1. The summed E-state index contributed by atoms with van der Waals surface area (Å²) in [5, 5.41) is 23.0. The van der Waals surface area contributed by atoms with Crippen molar-refractivity contribution in [2.24, 2.45) is 5.92 Å². The van der Waals surface area contributed by atoms with E-state index in [0.717, 1.165) is 43.2 Å². The standard InChI is InChI=1S/C25H27N5O5/c1-16-10-12-29(13-11-16)24-9-8-20(27-28-24)17-4-6-18(7-5-17)26-25(31)19-14-22(34-2)23(35-3)15-21(19)30(32)33/h4-9,14-16H,10-13H2,1-3H3,(H,26,31). The number of hydrogen-bond acceptors (Lipinski definition) is 8. The van der Waals surface area contributed by atoms with E-state index in [1.807, 2.05) is 24.3 Å². The fourth-order valence-corrected chi connectivity index (χ4v) is 4.01. The van der Waals surface area contributed by atoms with Gasteiger partial charge in [0.2, 0.25) is 0 Å². The Hall–Kier alpha value is -4.21. The first-order valence-corrected chi connectivity index (χ1v) is 11.3. The molecule has 0 spiro atoms. The van der Waals surface area contributed by atoms with Gasteiger partial charge in [-0.1, -0.05) is 19.1 Å².